The van der Waals surface area contributed by atoms with E-state index in [0.717, 1.165) is 0 Å². The third-order valence-electron chi connectivity index (χ3n) is 3.17. The van der Waals surface area contributed by atoms with E-state index < -0.39 is 17.1 Å². The lowest BCUT2D eigenvalue weighted by Gasteiger charge is -2.20. The summed E-state index contributed by atoms with van der Waals surface area (Å²) in [6, 6.07) is 3.99. The molecule has 0 aromatic heterocycles. The van der Waals surface area contributed by atoms with E-state index in [0.29, 0.717) is 5.69 Å². The molecule has 1 aromatic rings. The van der Waals surface area contributed by atoms with Gasteiger partial charge in [0.15, 0.2) is 5.78 Å². The molecule has 2 atom stereocenters. The molecule has 0 amide bonds. The SMILES string of the molecule is CC(=O)c1cc([N+](=O)[O-])ccc1N1CC(O)C(O)C1. The van der Waals surface area contributed by atoms with Crippen LogP contribution in [0.5, 0.6) is 0 Å². The van der Waals surface area contributed by atoms with Crippen LogP contribution in [0.2, 0.25) is 0 Å². The van der Waals surface area contributed by atoms with Crippen LogP contribution in [0.4, 0.5) is 11.4 Å². The number of hydrogen-bond acceptors (Lipinski definition) is 6. The van der Waals surface area contributed by atoms with Crippen LogP contribution < -0.4 is 4.90 Å². The van der Waals surface area contributed by atoms with E-state index in [1.807, 2.05) is 0 Å². The van der Waals surface area contributed by atoms with Crippen molar-refractivity contribution in [1.29, 1.82) is 0 Å². The Kier molecular flexibility index (Phi) is 3.50. The number of anilines is 1. The van der Waals surface area contributed by atoms with Gasteiger partial charge < -0.3 is 15.1 Å². The first-order valence-corrected chi connectivity index (χ1v) is 5.80. The van der Waals surface area contributed by atoms with E-state index in [2.05, 4.69) is 0 Å². The van der Waals surface area contributed by atoms with Crippen molar-refractivity contribution in [3.05, 3.63) is 33.9 Å². The molecule has 1 aliphatic heterocycles. The Hall–Kier alpha value is -1.99. The molecule has 1 aromatic carbocycles. The number of rotatable bonds is 3. The van der Waals surface area contributed by atoms with Crippen molar-refractivity contribution in [2.45, 2.75) is 19.1 Å². The van der Waals surface area contributed by atoms with Crippen molar-refractivity contribution >= 4 is 17.2 Å². The summed E-state index contributed by atoms with van der Waals surface area (Å²) in [5, 5.41) is 29.7. The lowest BCUT2D eigenvalue weighted by atomic mass is 10.1. The molecular weight excluding hydrogens is 252 g/mol. The standard InChI is InChI=1S/C12H14N2O5/c1-7(15)9-4-8(14(18)19)2-3-10(9)13-5-11(16)12(17)6-13/h2-4,11-12,16-17H,5-6H2,1H3. The molecule has 2 rings (SSSR count). The monoisotopic (exact) mass is 266 g/mol. The fraction of sp³-hybridized carbons (Fsp3) is 0.417. The van der Waals surface area contributed by atoms with Gasteiger partial charge in [-0.05, 0) is 13.0 Å². The number of non-ortho nitro benzene ring substituents is 1. The number of carbonyl (C=O) groups is 1. The Bertz CT molecular complexity index is 521. The van der Waals surface area contributed by atoms with E-state index in [1.165, 1.54) is 25.1 Å². The highest BCUT2D eigenvalue weighted by Crippen LogP contribution is 2.28. The largest absolute Gasteiger partial charge is 0.389 e. The smallest absolute Gasteiger partial charge is 0.270 e. The number of aliphatic hydroxyl groups excluding tert-OH is 2. The van der Waals surface area contributed by atoms with Crippen LogP contribution in [-0.4, -0.2) is 46.2 Å². The summed E-state index contributed by atoms with van der Waals surface area (Å²) in [7, 11) is 0. The van der Waals surface area contributed by atoms with Crippen molar-refractivity contribution < 1.29 is 19.9 Å². The lowest BCUT2D eigenvalue weighted by Crippen LogP contribution is -2.23. The summed E-state index contributed by atoms with van der Waals surface area (Å²) in [6.07, 6.45) is -1.76. The summed E-state index contributed by atoms with van der Waals surface area (Å²) in [5.74, 6) is -0.297. The van der Waals surface area contributed by atoms with Gasteiger partial charge in [-0.2, -0.15) is 0 Å². The first-order chi connectivity index (χ1) is 8.90. The maximum absolute atomic E-state index is 11.6. The normalized spacial score (nSPS) is 22.6. The van der Waals surface area contributed by atoms with Gasteiger partial charge in [-0.25, -0.2) is 0 Å². The lowest BCUT2D eigenvalue weighted by molar-refractivity contribution is -0.384. The second-order valence-electron chi connectivity index (χ2n) is 4.55. The van der Waals surface area contributed by atoms with E-state index >= 15 is 0 Å². The third-order valence-corrected chi connectivity index (χ3v) is 3.17. The van der Waals surface area contributed by atoms with Gasteiger partial charge >= 0.3 is 0 Å². The minimum Gasteiger partial charge on any atom is -0.389 e. The van der Waals surface area contributed by atoms with E-state index in [-0.39, 0.29) is 30.1 Å². The predicted octanol–water partition coefficient (Wildman–Crippen LogP) is 0.339. The molecular formula is C12H14N2O5. The Morgan fingerprint density at radius 1 is 1.37 bits per heavy atom. The Morgan fingerprint density at radius 2 is 1.95 bits per heavy atom. The van der Waals surface area contributed by atoms with Gasteiger partial charge in [-0.3, -0.25) is 14.9 Å². The van der Waals surface area contributed by atoms with Crippen molar-refractivity contribution in [2.75, 3.05) is 18.0 Å². The number of carbonyl (C=O) groups excluding carboxylic acids is 1. The maximum atomic E-state index is 11.6. The zero-order chi connectivity index (χ0) is 14.2. The Morgan fingerprint density at radius 3 is 2.42 bits per heavy atom. The number of benzene rings is 1. The number of aliphatic hydroxyl groups is 2. The molecule has 2 unspecified atom stereocenters. The zero-order valence-electron chi connectivity index (χ0n) is 10.3. The molecule has 1 aliphatic rings. The van der Waals surface area contributed by atoms with Crippen molar-refractivity contribution in [2.24, 2.45) is 0 Å². The summed E-state index contributed by atoms with van der Waals surface area (Å²) >= 11 is 0. The van der Waals surface area contributed by atoms with E-state index in [4.69, 9.17) is 0 Å². The van der Waals surface area contributed by atoms with Crippen LogP contribution in [0.3, 0.4) is 0 Å². The van der Waals surface area contributed by atoms with Crippen molar-refractivity contribution in [3.8, 4) is 0 Å². The minimum absolute atomic E-state index is 0.158. The molecule has 0 bridgehead atoms. The number of ketones is 1. The molecule has 1 heterocycles. The molecule has 0 radical (unpaired) electrons. The molecule has 2 N–H and O–H groups in total. The highest BCUT2D eigenvalue weighted by atomic mass is 16.6. The summed E-state index contributed by atoms with van der Waals surface area (Å²) in [4.78, 5) is 23.4. The minimum atomic E-state index is -0.880. The van der Waals surface area contributed by atoms with E-state index in [1.54, 1.807) is 4.90 Å². The quantitative estimate of drug-likeness (QED) is 0.464. The number of nitro groups is 1. The van der Waals surface area contributed by atoms with Crippen LogP contribution >= 0.6 is 0 Å². The third kappa shape index (κ3) is 2.56. The van der Waals surface area contributed by atoms with Crippen LogP contribution in [-0.2, 0) is 0 Å². The van der Waals surface area contributed by atoms with Crippen LogP contribution in [0.1, 0.15) is 17.3 Å². The molecule has 1 saturated heterocycles. The van der Waals surface area contributed by atoms with Crippen LogP contribution in [0.25, 0.3) is 0 Å². The van der Waals surface area contributed by atoms with Gasteiger partial charge in [0.1, 0.15) is 0 Å². The average molecular weight is 266 g/mol. The Labute approximate surface area is 109 Å². The first-order valence-electron chi connectivity index (χ1n) is 5.80. The average Bonchev–Trinajstić information content (AvgIpc) is 2.68. The number of hydrogen-bond donors (Lipinski definition) is 2. The molecule has 0 saturated carbocycles. The van der Waals surface area contributed by atoms with Gasteiger partial charge in [0.25, 0.3) is 5.69 Å². The van der Waals surface area contributed by atoms with Crippen molar-refractivity contribution in [1.82, 2.24) is 0 Å². The van der Waals surface area contributed by atoms with Gasteiger partial charge in [0.2, 0.25) is 0 Å². The first kappa shape index (κ1) is 13.4. The second kappa shape index (κ2) is 4.94. The molecule has 0 aliphatic carbocycles. The second-order valence-corrected chi connectivity index (χ2v) is 4.55. The maximum Gasteiger partial charge on any atom is 0.270 e. The molecule has 19 heavy (non-hydrogen) atoms. The highest BCUT2D eigenvalue weighted by Gasteiger charge is 2.31. The zero-order valence-corrected chi connectivity index (χ0v) is 10.3. The number of nitro benzene ring substituents is 1. The molecule has 0 spiro atoms. The van der Waals surface area contributed by atoms with Gasteiger partial charge in [0.05, 0.1) is 17.1 Å². The van der Waals surface area contributed by atoms with Crippen molar-refractivity contribution in [3.63, 3.8) is 0 Å². The molecule has 7 heteroatoms. The number of nitrogens with zero attached hydrogens (tertiary/aromatic N) is 2. The molecule has 102 valence electrons. The predicted molar refractivity (Wildman–Crippen MR) is 67.3 cm³/mol. The summed E-state index contributed by atoms with van der Waals surface area (Å²) < 4.78 is 0. The highest BCUT2D eigenvalue weighted by molar-refractivity contribution is 6.00. The molecule has 7 nitrogen and oxygen atoms in total. The summed E-state index contributed by atoms with van der Waals surface area (Å²) in [6.45, 7) is 1.71. The fourth-order valence-electron chi connectivity index (χ4n) is 2.16. The van der Waals surface area contributed by atoms with Gasteiger partial charge in [0, 0.05) is 36.5 Å². The fourth-order valence-corrected chi connectivity index (χ4v) is 2.16. The Balaban J connectivity index is 2.40. The van der Waals surface area contributed by atoms with Crippen LogP contribution in [0.15, 0.2) is 18.2 Å². The van der Waals surface area contributed by atoms with Gasteiger partial charge in [-0.15, -0.1) is 0 Å². The van der Waals surface area contributed by atoms with E-state index in [9.17, 15) is 25.1 Å². The number of β-amino-alcohol motifs (C(OH)–C–C–N with tert-alkyl or cyclic N) is 2. The van der Waals surface area contributed by atoms with Crippen LogP contribution in [0, 0.1) is 10.1 Å². The number of Topliss-reactive ketones (excluding diaryl/α,β-unsaturated/α-hetero) is 1. The topological polar surface area (TPSA) is 104 Å². The molecule has 1 fully saturated rings. The summed E-state index contributed by atoms with van der Waals surface area (Å²) in [5.41, 5.74) is 0.554. The van der Waals surface area contributed by atoms with Gasteiger partial charge in [-0.1, -0.05) is 0 Å².